The molecule has 2 heterocycles. The molecule has 1 aromatic heterocycles. The summed E-state index contributed by atoms with van der Waals surface area (Å²) in [5, 5.41) is 10.2. The van der Waals surface area contributed by atoms with Gasteiger partial charge in [0.2, 0.25) is 5.91 Å². The van der Waals surface area contributed by atoms with E-state index in [4.69, 9.17) is 23.2 Å². The summed E-state index contributed by atoms with van der Waals surface area (Å²) in [6.07, 6.45) is 1.19. The summed E-state index contributed by atoms with van der Waals surface area (Å²) < 4.78 is 2.04. The quantitative estimate of drug-likeness (QED) is 0.292. The van der Waals surface area contributed by atoms with Gasteiger partial charge in [-0.1, -0.05) is 52.7 Å². The number of piperazine rings is 1. The number of nitrogens with zero attached hydrogens (tertiary/aromatic N) is 5. The number of carbonyl (C=O) groups excluding carboxylic acids is 2. The van der Waals surface area contributed by atoms with Gasteiger partial charge in [-0.2, -0.15) is 0 Å². The minimum atomic E-state index is -0.138. The van der Waals surface area contributed by atoms with Crippen LogP contribution >= 0.6 is 35.0 Å². The average molecular weight is 547 g/mol. The Labute approximate surface area is 225 Å². The van der Waals surface area contributed by atoms with Crippen LogP contribution in [-0.4, -0.2) is 67.8 Å². The third kappa shape index (κ3) is 6.05. The molecule has 36 heavy (non-hydrogen) atoms. The normalized spacial score (nSPS) is 15.9. The summed E-state index contributed by atoms with van der Waals surface area (Å²) in [7, 11) is 0. The molecule has 3 aromatic rings. The van der Waals surface area contributed by atoms with E-state index in [0.29, 0.717) is 41.7 Å². The van der Waals surface area contributed by atoms with Crippen LogP contribution in [0.15, 0.2) is 47.6 Å². The van der Waals surface area contributed by atoms with E-state index in [1.54, 1.807) is 34.9 Å². The molecule has 1 atom stereocenters. The molecule has 0 saturated carbocycles. The van der Waals surface area contributed by atoms with Gasteiger partial charge in [0, 0.05) is 48.6 Å². The molecule has 2 aromatic carbocycles. The minimum Gasteiger partial charge on any atom is -0.339 e. The van der Waals surface area contributed by atoms with Crippen LogP contribution in [0.3, 0.4) is 0 Å². The number of rotatable bonds is 7. The van der Waals surface area contributed by atoms with E-state index in [9.17, 15) is 9.59 Å². The lowest BCUT2D eigenvalue weighted by atomic mass is 10.1. The Hall–Kier alpha value is -2.55. The van der Waals surface area contributed by atoms with Crippen molar-refractivity contribution in [3.05, 3.63) is 69.5 Å². The highest BCUT2D eigenvalue weighted by molar-refractivity contribution is 7.99. The van der Waals surface area contributed by atoms with Gasteiger partial charge in [0.1, 0.15) is 5.82 Å². The van der Waals surface area contributed by atoms with Gasteiger partial charge in [0.25, 0.3) is 5.91 Å². The maximum atomic E-state index is 13.0. The Morgan fingerprint density at radius 3 is 2.50 bits per heavy atom. The van der Waals surface area contributed by atoms with E-state index in [1.807, 2.05) is 23.3 Å². The van der Waals surface area contributed by atoms with Crippen LogP contribution in [0.5, 0.6) is 0 Å². The van der Waals surface area contributed by atoms with Crippen LogP contribution in [-0.2, 0) is 4.79 Å². The smallest absolute Gasteiger partial charge is 0.255 e. The average Bonchev–Trinajstić information content (AvgIpc) is 3.22. The molecule has 1 fully saturated rings. The van der Waals surface area contributed by atoms with Crippen molar-refractivity contribution in [3.63, 3.8) is 0 Å². The number of halogens is 2. The fourth-order valence-corrected chi connectivity index (χ4v) is 5.70. The Kier molecular flexibility index (Phi) is 8.59. The van der Waals surface area contributed by atoms with Crippen LogP contribution in [0.1, 0.15) is 41.5 Å². The molecule has 1 unspecified atom stereocenters. The largest absolute Gasteiger partial charge is 0.339 e. The molecule has 2 amide bonds. The number of hydrogen-bond acceptors (Lipinski definition) is 5. The molecule has 4 rings (SSSR count). The molecular weight excluding hydrogens is 517 g/mol. The van der Waals surface area contributed by atoms with E-state index in [2.05, 4.69) is 41.4 Å². The van der Waals surface area contributed by atoms with Crippen LogP contribution in [0.4, 0.5) is 0 Å². The van der Waals surface area contributed by atoms with E-state index in [-0.39, 0.29) is 17.9 Å². The number of amides is 2. The van der Waals surface area contributed by atoms with Crippen molar-refractivity contribution in [3.8, 4) is 5.69 Å². The fourth-order valence-electron chi connectivity index (χ4n) is 4.28. The zero-order chi connectivity index (χ0) is 25.8. The first-order valence-corrected chi connectivity index (χ1v) is 13.6. The lowest BCUT2D eigenvalue weighted by Gasteiger charge is -2.40. The first kappa shape index (κ1) is 26.5. The molecule has 0 bridgehead atoms. The third-order valence-electron chi connectivity index (χ3n) is 6.26. The second kappa shape index (κ2) is 11.7. The lowest BCUT2D eigenvalue weighted by molar-refractivity contribution is -0.133. The van der Waals surface area contributed by atoms with Crippen molar-refractivity contribution in [2.24, 2.45) is 0 Å². The van der Waals surface area contributed by atoms with Gasteiger partial charge in [0.05, 0.1) is 10.6 Å². The molecule has 190 valence electrons. The third-order valence-corrected chi connectivity index (χ3v) is 7.82. The van der Waals surface area contributed by atoms with Crippen LogP contribution < -0.4 is 0 Å². The lowest BCUT2D eigenvalue weighted by Crippen LogP contribution is -2.55. The Balaban J connectivity index is 1.27. The Bertz CT molecular complexity index is 1250. The van der Waals surface area contributed by atoms with Gasteiger partial charge in [0.15, 0.2) is 5.16 Å². The van der Waals surface area contributed by atoms with Gasteiger partial charge in [-0.25, -0.2) is 0 Å². The van der Waals surface area contributed by atoms with Crippen molar-refractivity contribution >= 4 is 46.8 Å². The summed E-state index contributed by atoms with van der Waals surface area (Å²) >= 11 is 13.8. The van der Waals surface area contributed by atoms with Crippen LogP contribution in [0, 0.1) is 13.8 Å². The maximum absolute atomic E-state index is 13.0. The molecule has 0 aliphatic carbocycles. The number of aromatic nitrogens is 3. The van der Waals surface area contributed by atoms with Crippen LogP contribution in [0.2, 0.25) is 10.0 Å². The fraction of sp³-hybridized carbons (Fsp3) is 0.385. The van der Waals surface area contributed by atoms with Crippen molar-refractivity contribution in [1.82, 2.24) is 24.6 Å². The number of carbonyl (C=O) groups is 2. The maximum Gasteiger partial charge on any atom is 0.255 e. The van der Waals surface area contributed by atoms with Crippen molar-refractivity contribution in [1.29, 1.82) is 0 Å². The van der Waals surface area contributed by atoms with Crippen LogP contribution in [0.25, 0.3) is 5.69 Å². The summed E-state index contributed by atoms with van der Waals surface area (Å²) in [5.41, 5.74) is 2.66. The monoisotopic (exact) mass is 545 g/mol. The minimum absolute atomic E-state index is 0.104. The molecule has 1 saturated heterocycles. The highest BCUT2D eigenvalue weighted by Gasteiger charge is 2.31. The first-order valence-electron chi connectivity index (χ1n) is 11.9. The first-order chi connectivity index (χ1) is 17.2. The second-order valence-electron chi connectivity index (χ2n) is 8.96. The summed E-state index contributed by atoms with van der Waals surface area (Å²) in [6.45, 7) is 7.43. The van der Waals surface area contributed by atoms with Crippen molar-refractivity contribution in [2.75, 3.05) is 25.4 Å². The van der Waals surface area contributed by atoms with E-state index in [0.717, 1.165) is 28.8 Å². The molecule has 1 aliphatic rings. The summed E-state index contributed by atoms with van der Waals surface area (Å²) in [5.74, 6) is 1.56. The number of hydrogen-bond donors (Lipinski definition) is 0. The Morgan fingerprint density at radius 2 is 1.81 bits per heavy atom. The van der Waals surface area contributed by atoms with Gasteiger partial charge in [-0.05, 0) is 57.5 Å². The van der Waals surface area contributed by atoms with E-state index < -0.39 is 0 Å². The van der Waals surface area contributed by atoms with Gasteiger partial charge < -0.3 is 9.80 Å². The number of aryl methyl sites for hydroxylation is 2. The second-order valence-corrected chi connectivity index (χ2v) is 10.9. The molecule has 1 aliphatic heterocycles. The van der Waals surface area contributed by atoms with Gasteiger partial charge in [-0.15, -0.1) is 10.2 Å². The zero-order valence-corrected chi connectivity index (χ0v) is 22.9. The van der Waals surface area contributed by atoms with Crippen molar-refractivity contribution in [2.45, 2.75) is 44.8 Å². The van der Waals surface area contributed by atoms with Crippen molar-refractivity contribution < 1.29 is 9.59 Å². The topological polar surface area (TPSA) is 71.3 Å². The molecule has 10 heteroatoms. The standard InChI is InChI=1S/C26H29Cl2N5O2S/c1-17-6-9-21(10-7-17)33-19(3)29-30-26(33)36-14-4-5-24(34)31-12-13-32(18(2)16-31)25(35)22-11-8-20(27)15-23(22)28/h6-11,15,18H,4-5,12-14,16H2,1-3H3. The predicted octanol–water partition coefficient (Wildman–Crippen LogP) is 5.44. The molecule has 7 nitrogen and oxygen atoms in total. The zero-order valence-electron chi connectivity index (χ0n) is 20.6. The molecule has 0 radical (unpaired) electrons. The van der Waals surface area contributed by atoms with Gasteiger partial charge >= 0.3 is 0 Å². The van der Waals surface area contributed by atoms with E-state index >= 15 is 0 Å². The summed E-state index contributed by atoms with van der Waals surface area (Å²) in [4.78, 5) is 29.5. The van der Waals surface area contributed by atoms with Gasteiger partial charge in [-0.3, -0.25) is 14.2 Å². The Morgan fingerprint density at radius 1 is 1.06 bits per heavy atom. The predicted molar refractivity (Wildman–Crippen MR) is 144 cm³/mol. The van der Waals surface area contributed by atoms with E-state index in [1.165, 1.54) is 5.56 Å². The number of thioether (sulfide) groups is 1. The molecule has 0 N–H and O–H groups in total. The highest BCUT2D eigenvalue weighted by atomic mass is 35.5. The number of benzene rings is 2. The molecular formula is C26H29Cl2N5O2S. The molecule has 0 spiro atoms. The SMILES string of the molecule is Cc1ccc(-n2c(C)nnc2SCCCC(=O)N2CCN(C(=O)c3ccc(Cl)cc3Cl)C(C)C2)cc1. The summed E-state index contributed by atoms with van der Waals surface area (Å²) in [6, 6.07) is 13.0. The highest BCUT2D eigenvalue weighted by Crippen LogP contribution is 2.25.